The zero-order valence-corrected chi connectivity index (χ0v) is 9.39. The van der Waals surface area contributed by atoms with E-state index >= 15 is 0 Å². The molecule has 2 unspecified atom stereocenters. The number of piperidine rings is 1. The number of nitrogens with zero attached hydrogens (tertiary/aromatic N) is 2. The van der Waals surface area contributed by atoms with E-state index in [2.05, 4.69) is 10.4 Å². The zero-order valence-electron chi connectivity index (χ0n) is 9.39. The molecular formula is C11H17N3O2. The minimum Gasteiger partial charge on any atom is -0.481 e. The lowest BCUT2D eigenvalue weighted by molar-refractivity contribution is -0.138. The third-order valence-corrected chi connectivity index (χ3v) is 3.13. The van der Waals surface area contributed by atoms with E-state index in [1.165, 1.54) is 0 Å². The van der Waals surface area contributed by atoms with Crippen LogP contribution in [0.5, 0.6) is 0 Å². The van der Waals surface area contributed by atoms with Crippen LogP contribution >= 0.6 is 0 Å². The van der Waals surface area contributed by atoms with Crippen LogP contribution in [0.1, 0.15) is 37.4 Å². The normalized spacial score (nSPS) is 22.9. The van der Waals surface area contributed by atoms with Crippen LogP contribution in [-0.2, 0) is 4.79 Å². The summed E-state index contributed by atoms with van der Waals surface area (Å²) >= 11 is 0. The van der Waals surface area contributed by atoms with Gasteiger partial charge < -0.3 is 10.4 Å². The standard InChI is InChI=1S/C11H17N3O2/c1-8(11(15)16)10-4-6-13-14(10)9-3-2-5-12-7-9/h4,6,8-9,12H,2-3,5,7H2,1H3,(H,15,16). The Labute approximate surface area is 94.5 Å². The smallest absolute Gasteiger partial charge is 0.312 e. The van der Waals surface area contributed by atoms with E-state index in [9.17, 15) is 4.79 Å². The molecule has 1 fully saturated rings. The van der Waals surface area contributed by atoms with Crippen LogP contribution in [0.15, 0.2) is 12.3 Å². The highest BCUT2D eigenvalue weighted by atomic mass is 16.4. The minimum absolute atomic E-state index is 0.292. The number of aliphatic carboxylic acids is 1. The first-order valence-electron chi connectivity index (χ1n) is 5.67. The van der Waals surface area contributed by atoms with Gasteiger partial charge in [0.05, 0.1) is 17.7 Å². The molecule has 0 bridgehead atoms. The van der Waals surface area contributed by atoms with E-state index < -0.39 is 11.9 Å². The summed E-state index contributed by atoms with van der Waals surface area (Å²) in [6, 6.07) is 2.09. The monoisotopic (exact) mass is 223 g/mol. The predicted octanol–water partition coefficient (Wildman–Crippen LogP) is 0.996. The zero-order chi connectivity index (χ0) is 11.5. The summed E-state index contributed by atoms with van der Waals surface area (Å²) in [4.78, 5) is 11.0. The highest BCUT2D eigenvalue weighted by Crippen LogP contribution is 2.22. The van der Waals surface area contributed by atoms with Crippen LogP contribution in [0.4, 0.5) is 0 Å². The van der Waals surface area contributed by atoms with Gasteiger partial charge in [0.1, 0.15) is 0 Å². The molecule has 1 aliphatic rings. The number of rotatable bonds is 3. The van der Waals surface area contributed by atoms with Crippen LogP contribution < -0.4 is 5.32 Å². The van der Waals surface area contributed by atoms with Crippen molar-refractivity contribution < 1.29 is 9.90 Å². The molecule has 1 aliphatic heterocycles. The second-order valence-electron chi connectivity index (χ2n) is 4.26. The van der Waals surface area contributed by atoms with Crippen LogP contribution in [0.3, 0.4) is 0 Å². The summed E-state index contributed by atoms with van der Waals surface area (Å²) in [7, 11) is 0. The van der Waals surface area contributed by atoms with Gasteiger partial charge in [-0.2, -0.15) is 5.10 Å². The molecule has 0 radical (unpaired) electrons. The topological polar surface area (TPSA) is 67.1 Å². The molecule has 2 heterocycles. The number of nitrogens with one attached hydrogen (secondary N) is 1. The van der Waals surface area contributed by atoms with Crippen molar-refractivity contribution in [2.24, 2.45) is 0 Å². The second kappa shape index (κ2) is 4.65. The van der Waals surface area contributed by atoms with Crippen molar-refractivity contribution in [3.63, 3.8) is 0 Å². The number of carboxylic acid groups (broad SMARTS) is 1. The van der Waals surface area contributed by atoms with E-state index in [4.69, 9.17) is 5.11 Å². The minimum atomic E-state index is -0.800. The highest BCUT2D eigenvalue weighted by molar-refractivity contribution is 5.74. The Morgan fingerprint density at radius 3 is 3.19 bits per heavy atom. The van der Waals surface area contributed by atoms with Crippen molar-refractivity contribution in [2.45, 2.75) is 31.7 Å². The van der Waals surface area contributed by atoms with Crippen molar-refractivity contribution >= 4 is 5.97 Å². The summed E-state index contributed by atoms with van der Waals surface area (Å²) in [5.41, 5.74) is 0.793. The number of carbonyl (C=O) groups is 1. The molecule has 0 spiro atoms. The number of hydrogen-bond acceptors (Lipinski definition) is 3. The molecule has 88 valence electrons. The molecular weight excluding hydrogens is 206 g/mol. The van der Waals surface area contributed by atoms with E-state index in [1.54, 1.807) is 19.2 Å². The predicted molar refractivity (Wildman–Crippen MR) is 59.4 cm³/mol. The van der Waals surface area contributed by atoms with Crippen molar-refractivity contribution in [3.05, 3.63) is 18.0 Å². The summed E-state index contributed by atoms with van der Waals surface area (Å²) in [5, 5.41) is 16.6. The maximum absolute atomic E-state index is 11.0. The van der Waals surface area contributed by atoms with Crippen LogP contribution in [0.25, 0.3) is 0 Å². The second-order valence-corrected chi connectivity index (χ2v) is 4.26. The lowest BCUT2D eigenvalue weighted by Crippen LogP contribution is -2.33. The molecule has 0 aliphatic carbocycles. The largest absolute Gasteiger partial charge is 0.481 e. The third-order valence-electron chi connectivity index (χ3n) is 3.13. The Bertz CT molecular complexity index is 369. The lowest BCUT2D eigenvalue weighted by atomic mass is 10.0. The molecule has 1 aromatic rings. The molecule has 2 N–H and O–H groups in total. The van der Waals surface area contributed by atoms with Gasteiger partial charge in [0.15, 0.2) is 0 Å². The van der Waals surface area contributed by atoms with Gasteiger partial charge in [0, 0.05) is 12.7 Å². The summed E-state index contributed by atoms with van der Waals surface area (Å²) < 4.78 is 1.87. The first kappa shape index (κ1) is 11.1. The quantitative estimate of drug-likeness (QED) is 0.802. The fourth-order valence-corrected chi connectivity index (χ4v) is 2.14. The fourth-order valence-electron chi connectivity index (χ4n) is 2.14. The Hall–Kier alpha value is -1.36. The summed E-state index contributed by atoms with van der Waals surface area (Å²) in [5.74, 6) is -1.30. The Morgan fingerprint density at radius 1 is 1.75 bits per heavy atom. The lowest BCUT2D eigenvalue weighted by Gasteiger charge is -2.25. The number of carboxylic acids is 1. The molecule has 1 aromatic heterocycles. The Balaban J connectivity index is 2.20. The first-order valence-corrected chi connectivity index (χ1v) is 5.67. The average molecular weight is 223 g/mol. The molecule has 1 saturated heterocycles. The molecule has 5 nitrogen and oxygen atoms in total. The van der Waals surface area contributed by atoms with Crippen molar-refractivity contribution in [1.29, 1.82) is 0 Å². The SMILES string of the molecule is CC(C(=O)O)c1ccnn1C1CCCNC1. The maximum Gasteiger partial charge on any atom is 0.312 e. The maximum atomic E-state index is 11.0. The number of aromatic nitrogens is 2. The van der Waals surface area contributed by atoms with Gasteiger partial charge in [0.2, 0.25) is 0 Å². The fraction of sp³-hybridized carbons (Fsp3) is 0.636. The molecule has 2 atom stereocenters. The average Bonchev–Trinajstić information content (AvgIpc) is 2.77. The van der Waals surface area contributed by atoms with E-state index in [1.807, 2.05) is 4.68 Å². The van der Waals surface area contributed by atoms with E-state index in [0.717, 1.165) is 31.6 Å². The van der Waals surface area contributed by atoms with Crippen LogP contribution in [-0.4, -0.2) is 33.9 Å². The molecule has 2 rings (SSSR count). The van der Waals surface area contributed by atoms with Crippen LogP contribution in [0, 0.1) is 0 Å². The molecule has 5 heteroatoms. The van der Waals surface area contributed by atoms with Crippen LogP contribution in [0.2, 0.25) is 0 Å². The summed E-state index contributed by atoms with van der Waals surface area (Å²) in [6.45, 7) is 3.62. The van der Waals surface area contributed by atoms with Gasteiger partial charge in [-0.15, -0.1) is 0 Å². The van der Waals surface area contributed by atoms with Crippen molar-refractivity contribution in [1.82, 2.24) is 15.1 Å². The Morgan fingerprint density at radius 2 is 2.56 bits per heavy atom. The molecule has 16 heavy (non-hydrogen) atoms. The van der Waals surface area contributed by atoms with E-state index in [-0.39, 0.29) is 0 Å². The highest BCUT2D eigenvalue weighted by Gasteiger charge is 2.23. The van der Waals surface area contributed by atoms with E-state index in [0.29, 0.717) is 6.04 Å². The molecule has 0 saturated carbocycles. The van der Waals surface area contributed by atoms with Crippen molar-refractivity contribution in [2.75, 3.05) is 13.1 Å². The van der Waals surface area contributed by atoms with Gasteiger partial charge in [-0.25, -0.2) is 0 Å². The first-order chi connectivity index (χ1) is 7.70. The summed E-state index contributed by atoms with van der Waals surface area (Å²) in [6.07, 6.45) is 3.86. The molecule has 0 amide bonds. The van der Waals surface area contributed by atoms with Gasteiger partial charge in [0.25, 0.3) is 0 Å². The molecule has 0 aromatic carbocycles. The van der Waals surface area contributed by atoms with Gasteiger partial charge in [-0.3, -0.25) is 9.48 Å². The van der Waals surface area contributed by atoms with Gasteiger partial charge in [-0.1, -0.05) is 0 Å². The third kappa shape index (κ3) is 2.09. The number of hydrogen-bond donors (Lipinski definition) is 2. The van der Waals surface area contributed by atoms with Gasteiger partial charge in [-0.05, 0) is 32.4 Å². The Kier molecular flexibility index (Phi) is 3.24. The van der Waals surface area contributed by atoms with Crippen molar-refractivity contribution in [3.8, 4) is 0 Å². The van der Waals surface area contributed by atoms with Gasteiger partial charge >= 0.3 is 5.97 Å².